The van der Waals surface area contributed by atoms with Crippen LogP contribution in [0.2, 0.25) is 5.02 Å². The summed E-state index contributed by atoms with van der Waals surface area (Å²) in [4.78, 5) is 23.6. The van der Waals surface area contributed by atoms with Crippen molar-refractivity contribution in [3.63, 3.8) is 0 Å². The van der Waals surface area contributed by atoms with E-state index in [1.165, 1.54) is 6.07 Å². The lowest BCUT2D eigenvalue weighted by Crippen LogP contribution is -2.11. The van der Waals surface area contributed by atoms with E-state index in [1.54, 1.807) is 43.3 Å². The Balaban J connectivity index is 2.53. The summed E-state index contributed by atoms with van der Waals surface area (Å²) in [5.74, 6) is -1.42. The summed E-state index contributed by atoms with van der Waals surface area (Å²) in [6.45, 7) is 1.67. The van der Waals surface area contributed by atoms with E-state index >= 15 is 0 Å². The van der Waals surface area contributed by atoms with Gasteiger partial charge in [-0.3, -0.25) is 4.79 Å². The second kappa shape index (κ2) is 5.24. The van der Waals surface area contributed by atoms with Crippen LogP contribution in [0.25, 0.3) is 0 Å². The van der Waals surface area contributed by atoms with Crippen LogP contribution < -0.4 is 0 Å². The van der Waals surface area contributed by atoms with E-state index in [9.17, 15) is 14.7 Å². The number of rotatable bonds is 3. The molecule has 0 saturated heterocycles. The second-order valence-electron chi connectivity index (χ2n) is 4.14. The molecule has 0 aliphatic carbocycles. The number of ketones is 1. The monoisotopic (exact) mass is 274 g/mol. The molecule has 0 amide bonds. The summed E-state index contributed by atoms with van der Waals surface area (Å²) >= 11 is 5.76. The number of carboxylic acids is 1. The molecule has 0 spiro atoms. The molecule has 0 fully saturated rings. The van der Waals surface area contributed by atoms with Crippen LogP contribution in [0.4, 0.5) is 0 Å². The summed E-state index contributed by atoms with van der Waals surface area (Å²) in [5.41, 5.74) is 1.21. The van der Waals surface area contributed by atoms with Gasteiger partial charge in [-0.15, -0.1) is 0 Å². The molecule has 0 bridgehead atoms. The molecule has 0 unspecified atom stereocenters. The van der Waals surface area contributed by atoms with Gasteiger partial charge in [0.1, 0.15) is 0 Å². The zero-order valence-corrected chi connectivity index (χ0v) is 10.9. The molecule has 0 aliphatic rings. The van der Waals surface area contributed by atoms with Crippen LogP contribution in [-0.4, -0.2) is 16.9 Å². The van der Waals surface area contributed by atoms with Gasteiger partial charge in [-0.05, 0) is 36.8 Å². The Hall–Kier alpha value is -2.13. The number of hydrogen-bond donors (Lipinski definition) is 1. The average Bonchev–Trinajstić information content (AvgIpc) is 2.38. The van der Waals surface area contributed by atoms with Crippen molar-refractivity contribution in [3.8, 4) is 0 Å². The van der Waals surface area contributed by atoms with Crippen LogP contribution in [0.3, 0.4) is 0 Å². The minimum absolute atomic E-state index is 0.0439. The highest BCUT2D eigenvalue weighted by molar-refractivity contribution is 6.30. The molecule has 4 heteroatoms. The van der Waals surface area contributed by atoms with Crippen molar-refractivity contribution in [1.82, 2.24) is 0 Å². The molecule has 19 heavy (non-hydrogen) atoms. The van der Waals surface area contributed by atoms with Crippen molar-refractivity contribution in [1.29, 1.82) is 0 Å². The number of hydrogen-bond acceptors (Lipinski definition) is 2. The van der Waals surface area contributed by atoms with E-state index in [0.29, 0.717) is 16.1 Å². The van der Waals surface area contributed by atoms with Crippen molar-refractivity contribution in [3.05, 3.63) is 69.7 Å². The average molecular weight is 275 g/mol. The molecule has 1 N–H and O–H groups in total. The van der Waals surface area contributed by atoms with Gasteiger partial charge >= 0.3 is 5.97 Å². The van der Waals surface area contributed by atoms with Crippen LogP contribution in [0.5, 0.6) is 0 Å². The molecular weight excluding hydrogens is 264 g/mol. The lowest BCUT2D eigenvalue weighted by Gasteiger charge is -2.08. The topological polar surface area (TPSA) is 54.4 Å². The zero-order chi connectivity index (χ0) is 14.0. The third kappa shape index (κ3) is 2.66. The quantitative estimate of drug-likeness (QED) is 0.871. The maximum atomic E-state index is 12.3. The molecule has 0 radical (unpaired) electrons. The molecule has 0 aliphatic heterocycles. The van der Waals surface area contributed by atoms with Gasteiger partial charge in [-0.2, -0.15) is 0 Å². The molecule has 3 nitrogen and oxygen atoms in total. The summed E-state index contributed by atoms with van der Waals surface area (Å²) in [5, 5.41) is 9.74. The lowest BCUT2D eigenvalue weighted by molar-refractivity contribution is 0.0692. The first-order valence-electron chi connectivity index (χ1n) is 5.64. The summed E-state index contributed by atoms with van der Waals surface area (Å²) < 4.78 is 0. The molecule has 0 aromatic heterocycles. The van der Waals surface area contributed by atoms with Crippen molar-refractivity contribution in [2.45, 2.75) is 6.92 Å². The fraction of sp³-hybridized carbons (Fsp3) is 0.0667. The standard InChI is InChI=1S/C15H11ClO3/c1-9-3-2-4-12(13(9)15(18)19)14(17)10-5-7-11(16)8-6-10/h2-8H,1H3,(H,18,19). The molecule has 0 heterocycles. The fourth-order valence-electron chi connectivity index (χ4n) is 1.90. The van der Waals surface area contributed by atoms with Crippen LogP contribution >= 0.6 is 11.6 Å². The van der Waals surface area contributed by atoms with Gasteiger partial charge in [0.15, 0.2) is 5.78 Å². The van der Waals surface area contributed by atoms with Gasteiger partial charge in [0, 0.05) is 16.1 Å². The van der Waals surface area contributed by atoms with Gasteiger partial charge in [0.2, 0.25) is 0 Å². The van der Waals surface area contributed by atoms with Gasteiger partial charge in [-0.25, -0.2) is 4.79 Å². The van der Waals surface area contributed by atoms with Crippen LogP contribution in [0.15, 0.2) is 42.5 Å². The smallest absolute Gasteiger partial charge is 0.336 e. The minimum Gasteiger partial charge on any atom is -0.478 e. The Morgan fingerprint density at radius 1 is 1.05 bits per heavy atom. The van der Waals surface area contributed by atoms with Crippen LogP contribution in [0.1, 0.15) is 31.8 Å². The number of carbonyl (C=O) groups excluding carboxylic acids is 1. The first kappa shape index (κ1) is 13.3. The number of aryl methyl sites for hydroxylation is 1. The number of aromatic carboxylic acids is 1. The first-order valence-corrected chi connectivity index (χ1v) is 6.01. The molecule has 2 aromatic carbocycles. The normalized spacial score (nSPS) is 10.2. The van der Waals surface area contributed by atoms with Crippen molar-refractivity contribution < 1.29 is 14.7 Å². The molecule has 0 saturated carbocycles. The van der Waals surface area contributed by atoms with Crippen LogP contribution in [-0.2, 0) is 0 Å². The summed E-state index contributed by atoms with van der Waals surface area (Å²) in [6.07, 6.45) is 0. The summed E-state index contributed by atoms with van der Waals surface area (Å²) in [7, 11) is 0. The lowest BCUT2D eigenvalue weighted by atomic mass is 9.95. The van der Waals surface area contributed by atoms with Crippen molar-refractivity contribution >= 4 is 23.4 Å². The molecule has 2 aromatic rings. The highest BCUT2D eigenvalue weighted by Gasteiger charge is 2.19. The third-order valence-electron chi connectivity index (χ3n) is 2.84. The van der Waals surface area contributed by atoms with E-state index in [1.807, 2.05) is 0 Å². The Kier molecular flexibility index (Phi) is 3.67. The predicted octanol–water partition coefficient (Wildman–Crippen LogP) is 3.58. The number of carboxylic acid groups (broad SMARTS) is 1. The van der Waals surface area contributed by atoms with Crippen molar-refractivity contribution in [2.24, 2.45) is 0 Å². The Labute approximate surface area is 115 Å². The predicted molar refractivity (Wildman–Crippen MR) is 73.0 cm³/mol. The third-order valence-corrected chi connectivity index (χ3v) is 3.09. The minimum atomic E-state index is -1.10. The van der Waals surface area contributed by atoms with E-state index in [-0.39, 0.29) is 16.9 Å². The highest BCUT2D eigenvalue weighted by atomic mass is 35.5. The molecule has 2 rings (SSSR count). The van der Waals surface area contributed by atoms with Gasteiger partial charge < -0.3 is 5.11 Å². The van der Waals surface area contributed by atoms with Crippen molar-refractivity contribution in [2.75, 3.05) is 0 Å². The first-order chi connectivity index (χ1) is 9.00. The molecule has 0 atom stereocenters. The SMILES string of the molecule is Cc1cccc(C(=O)c2ccc(Cl)cc2)c1C(=O)O. The largest absolute Gasteiger partial charge is 0.478 e. The van der Waals surface area contributed by atoms with Gasteiger partial charge in [0.05, 0.1) is 5.56 Å². The Morgan fingerprint density at radius 3 is 2.26 bits per heavy atom. The molecular formula is C15H11ClO3. The maximum absolute atomic E-state index is 12.3. The zero-order valence-electron chi connectivity index (χ0n) is 10.2. The Morgan fingerprint density at radius 2 is 1.68 bits per heavy atom. The van der Waals surface area contributed by atoms with E-state index in [0.717, 1.165) is 0 Å². The van der Waals surface area contributed by atoms with E-state index in [2.05, 4.69) is 0 Å². The highest BCUT2D eigenvalue weighted by Crippen LogP contribution is 2.19. The fourth-order valence-corrected chi connectivity index (χ4v) is 2.02. The van der Waals surface area contributed by atoms with Gasteiger partial charge in [0.25, 0.3) is 0 Å². The maximum Gasteiger partial charge on any atom is 0.336 e. The number of halogens is 1. The van der Waals surface area contributed by atoms with E-state index < -0.39 is 5.97 Å². The number of carbonyl (C=O) groups is 2. The van der Waals surface area contributed by atoms with Gasteiger partial charge in [-0.1, -0.05) is 29.8 Å². The Bertz CT molecular complexity index is 645. The number of benzene rings is 2. The molecule has 96 valence electrons. The second-order valence-corrected chi connectivity index (χ2v) is 4.58. The summed E-state index contributed by atoms with van der Waals surface area (Å²) in [6, 6.07) is 11.2. The van der Waals surface area contributed by atoms with E-state index in [4.69, 9.17) is 11.6 Å². The van der Waals surface area contributed by atoms with Crippen LogP contribution in [0, 0.1) is 6.92 Å².